The number of carbonyl (C=O) groups is 1. The molecule has 2 aliphatic rings. The highest BCUT2D eigenvalue weighted by Gasteiger charge is 2.32. The minimum atomic E-state index is 0.148. The van der Waals surface area contributed by atoms with Crippen molar-refractivity contribution in [1.82, 2.24) is 4.98 Å². The molecule has 1 unspecified atom stereocenters. The molecule has 1 saturated heterocycles. The summed E-state index contributed by atoms with van der Waals surface area (Å²) < 4.78 is 11.7. The van der Waals surface area contributed by atoms with E-state index in [1.54, 1.807) is 19.5 Å². The summed E-state index contributed by atoms with van der Waals surface area (Å²) in [6.07, 6.45) is 8.88. The van der Waals surface area contributed by atoms with E-state index < -0.39 is 0 Å². The van der Waals surface area contributed by atoms with Crippen LogP contribution in [0.3, 0.4) is 0 Å². The molecule has 0 bridgehead atoms. The number of amides is 1. The summed E-state index contributed by atoms with van der Waals surface area (Å²) >= 11 is 0. The van der Waals surface area contributed by atoms with Gasteiger partial charge >= 0.3 is 0 Å². The molecular weight excluding hydrogens is 328 g/mol. The molecule has 1 aromatic heterocycles. The standard InChI is InChI=1S/C21H24N2O3/c1-25-19-7-6-15(12-20(19)26-18-4-2-3-5-18)16-13-21(24)23(14-16)17-8-10-22-11-9-17/h6-12,16,18H,2-5,13-14H2,1H3. The number of hydrogen-bond acceptors (Lipinski definition) is 4. The number of pyridine rings is 1. The van der Waals surface area contributed by atoms with E-state index in [0.29, 0.717) is 13.0 Å². The SMILES string of the molecule is COc1ccc(C2CC(=O)N(c3ccncc3)C2)cc1OC1CCCC1. The van der Waals surface area contributed by atoms with Crippen LogP contribution in [-0.4, -0.2) is 30.6 Å². The van der Waals surface area contributed by atoms with Crippen molar-refractivity contribution < 1.29 is 14.3 Å². The molecule has 5 heteroatoms. The lowest BCUT2D eigenvalue weighted by molar-refractivity contribution is -0.117. The molecule has 26 heavy (non-hydrogen) atoms. The Morgan fingerprint density at radius 1 is 1.08 bits per heavy atom. The average molecular weight is 352 g/mol. The molecule has 2 fully saturated rings. The Bertz CT molecular complexity index is 772. The minimum absolute atomic E-state index is 0.148. The monoisotopic (exact) mass is 352 g/mol. The fourth-order valence-corrected chi connectivity index (χ4v) is 3.93. The van der Waals surface area contributed by atoms with Gasteiger partial charge in [-0.3, -0.25) is 9.78 Å². The maximum atomic E-state index is 12.5. The zero-order valence-corrected chi connectivity index (χ0v) is 15.1. The van der Waals surface area contributed by atoms with E-state index in [2.05, 4.69) is 11.1 Å². The second-order valence-electron chi connectivity index (χ2n) is 7.05. The number of benzene rings is 1. The van der Waals surface area contributed by atoms with Crippen LogP contribution in [0.15, 0.2) is 42.7 Å². The Morgan fingerprint density at radius 3 is 2.58 bits per heavy atom. The molecule has 0 spiro atoms. The Hall–Kier alpha value is -2.56. The molecule has 136 valence electrons. The number of carbonyl (C=O) groups excluding carboxylic acids is 1. The summed E-state index contributed by atoms with van der Waals surface area (Å²) in [7, 11) is 1.67. The maximum Gasteiger partial charge on any atom is 0.227 e. The molecule has 1 atom stereocenters. The van der Waals surface area contributed by atoms with Crippen molar-refractivity contribution in [3.63, 3.8) is 0 Å². The fraction of sp³-hybridized carbons (Fsp3) is 0.429. The first-order valence-corrected chi connectivity index (χ1v) is 9.29. The second kappa shape index (κ2) is 7.36. The van der Waals surface area contributed by atoms with Crippen LogP contribution in [0.25, 0.3) is 0 Å². The van der Waals surface area contributed by atoms with Crippen molar-refractivity contribution in [2.75, 3.05) is 18.6 Å². The Labute approximate surface area is 153 Å². The van der Waals surface area contributed by atoms with Crippen molar-refractivity contribution in [3.8, 4) is 11.5 Å². The number of anilines is 1. The van der Waals surface area contributed by atoms with Crippen molar-refractivity contribution >= 4 is 11.6 Å². The number of methoxy groups -OCH3 is 1. The van der Waals surface area contributed by atoms with Gasteiger partial charge in [-0.25, -0.2) is 0 Å². The molecule has 0 radical (unpaired) electrons. The van der Waals surface area contributed by atoms with Crippen LogP contribution in [-0.2, 0) is 4.79 Å². The molecule has 0 N–H and O–H groups in total. The summed E-state index contributed by atoms with van der Waals surface area (Å²) in [5.74, 6) is 1.87. The Kier molecular flexibility index (Phi) is 4.78. The van der Waals surface area contributed by atoms with Crippen LogP contribution in [0.4, 0.5) is 5.69 Å². The predicted octanol–water partition coefficient (Wildman–Crippen LogP) is 3.93. The van der Waals surface area contributed by atoms with Crippen LogP contribution in [0, 0.1) is 0 Å². The third-order valence-electron chi connectivity index (χ3n) is 5.35. The lowest BCUT2D eigenvalue weighted by atomic mass is 9.98. The molecule has 1 aromatic carbocycles. The van der Waals surface area contributed by atoms with Gasteiger partial charge in [0, 0.05) is 37.0 Å². The molecule has 1 amide bonds. The van der Waals surface area contributed by atoms with E-state index in [1.165, 1.54) is 12.8 Å². The van der Waals surface area contributed by atoms with E-state index >= 15 is 0 Å². The van der Waals surface area contributed by atoms with Crippen LogP contribution in [0.5, 0.6) is 11.5 Å². The first-order chi connectivity index (χ1) is 12.7. The van der Waals surface area contributed by atoms with Crippen LogP contribution >= 0.6 is 0 Å². The molecule has 5 nitrogen and oxygen atoms in total. The zero-order chi connectivity index (χ0) is 17.9. The summed E-state index contributed by atoms with van der Waals surface area (Å²) in [5.41, 5.74) is 2.03. The molecular formula is C21H24N2O3. The van der Waals surface area contributed by atoms with Gasteiger partial charge in [0.05, 0.1) is 13.2 Å². The van der Waals surface area contributed by atoms with Crippen LogP contribution in [0.2, 0.25) is 0 Å². The fourth-order valence-electron chi connectivity index (χ4n) is 3.93. The number of ether oxygens (including phenoxy) is 2. The van der Waals surface area contributed by atoms with Gasteiger partial charge < -0.3 is 14.4 Å². The lowest BCUT2D eigenvalue weighted by Gasteiger charge is -2.19. The maximum absolute atomic E-state index is 12.5. The number of hydrogen-bond donors (Lipinski definition) is 0. The molecule has 2 aromatic rings. The molecule has 1 saturated carbocycles. The Morgan fingerprint density at radius 2 is 1.85 bits per heavy atom. The van der Waals surface area contributed by atoms with Crippen molar-refractivity contribution in [2.45, 2.75) is 44.1 Å². The van der Waals surface area contributed by atoms with Gasteiger partial charge in [-0.2, -0.15) is 0 Å². The van der Waals surface area contributed by atoms with Crippen molar-refractivity contribution in [2.24, 2.45) is 0 Å². The number of aromatic nitrogens is 1. The van der Waals surface area contributed by atoms with Gasteiger partial charge in [-0.15, -0.1) is 0 Å². The van der Waals surface area contributed by atoms with E-state index in [4.69, 9.17) is 9.47 Å². The van der Waals surface area contributed by atoms with E-state index in [1.807, 2.05) is 29.2 Å². The first kappa shape index (κ1) is 16.9. The van der Waals surface area contributed by atoms with Crippen LogP contribution < -0.4 is 14.4 Å². The van der Waals surface area contributed by atoms with Gasteiger partial charge in [-0.05, 0) is 55.5 Å². The molecule has 2 heterocycles. The molecule has 1 aliphatic heterocycles. The van der Waals surface area contributed by atoms with Crippen molar-refractivity contribution in [1.29, 1.82) is 0 Å². The third-order valence-corrected chi connectivity index (χ3v) is 5.35. The van der Waals surface area contributed by atoms with Crippen molar-refractivity contribution in [3.05, 3.63) is 48.3 Å². The topological polar surface area (TPSA) is 51.7 Å². The van der Waals surface area contributed by atoms with E-state index in [-0.39, 0.29) is 17.9 Å². The third kappa shape index (κ3) is 3.39. The zero-order valence-electron chi connectivity index (χ0n) is 15.1. The van der Waals surface area contributed by atoms with Gasteiger partial charge in [0.15, 0.2) is 11.5 Å². The van der Waals surface area contributed by atoms with Gasteiger partial charge in [-0.1, -0.05) is 6.07 Å². The summed E-state index contributed by atoms with van der Waals surface area (Å²) in [6.45, 7) is 0.679. The number of nitrogens with zero attached hydrogens (tertiary/aromatic N) is 2. The van der Waals surface area contributed by atoms with Gasteiger partial charge in [0.25, 0.3) is 0 Å². The lowest BCUT2D eigenvalue weighted by Crippen LogP contribution is -2.24. The average Bonchev–Trinajstić information content (AvgIpc) is 3.32. The quantitative estimate of drug-likeness (QED) is 0.818. The molecule has 1 aliphatic carbocycles. The largest absolute Gasteiger partial charge is 0.493 e. The number of rotatable bonds is 5. The summed E-state index contributed by atoms with van der Waals surface area (Å²) in [6, 6.07) is 9.82. The first-order valence-electron chi connectivity index (χ1n) is 9.29. The Balaban J connectivity index is 1.55. The predicted molar refractivity (Wildman–Crippen MR) is 99.8 cm³/mol. The van der Waals surface area contributed by atoms with Crippen LogP contribution in [0.1, 0.15) is 43.6 Å². The molecule has 4 rings (SSSR count). The highest BCUT2D eigenvalue weighted by molar-refractivity contribution is 5.96. The van der Waals surface area contributed by atoms with E-state index in [0.717, 1.165) is 35.6 Å². The van der Waals surface area contributed by atoms with Gasteiger partial charge in [0.1, 0.15) is 0 Å². The second-order valence-corrected chi connectivity index (χ2v) is 7.05. The highest BCUT2D eigenvalue weighted by atomic mass is 16.5. The smallest absolute Gasteiger partial charge is 0.227 e. The summed E-state index contributed by atoms with van der Waals surface area (Å²) in [5, 5.41) is 0. The van der Waals surface area contributed by atoms with E-state index in [9.17, 15) is 4.79 Å². The minimum Gasteiger partial charge on any atom is -0.493 e. The van der Waals surface area contributed by atoms with Gasteiger partial charge in [0.2, 0.25) is 5.91 Å². The summed E-state index contributed by atoms with van der Waals surface area (Å²) in [4.78, 5) is 18.4. The normalized spacial score (nSPS) is 20.6. The highest BCUT2D eigenvalue weighted by Crippen LogP contribution is 2.37.